The number of ether oxygens (including phenoxy) is 2. The van der Waals surface area contributed by atoms with Crippen LogP contribution >= 0.6 is 0 Å². The highest BCUT2D eigenvalue weighted by Crippen LogP contribution is 2.42. The summed E-state index contributed by atoms with van der Waals surface area (Å²) in [6.45, 7) is 4.47. The summed E-state index contributed by atoms with van der Waals surface area (Å²) in [7, 11) is 0. The summed E-state index contributed by atoms with van der Waals surface area (Å²) in [5.41, 5.74) is 8.54. The summed E-state index contributed by atoms with van der Waals surface area (Å²) in [6, 6.07) is 28.5. The predicted octanol–water partition coefficient (Wildman–Crippen LogP) is 7.21. The lowest BCUT2D eigenvalue weighted by Crippen LogP contribution is -2.11. The van der Waals surface area contributed by atoms with Crippen LogP contribution in [0.15, 0.2) is 72.8 Å². The molecule has 8 nitrogen and oxygen atoms in total. The van der Waals surface area contributed by atoms with Gasteiger partial charge >= 0.3 is 0 Å². The second kappa shape index (κ2) is 11.1. The fraction of sp³-hybridized carbons (Fsp3) is 0.167. The van der Waals surface area contributed by atoms with E-state index in [1.54, 1.807) is 0 Å². The second-order valence-corrected chi connectivity index (χ2v) is 10.4. The van der Waals surface area contributed by atoms with Crippen molar-refractivity contribution in [1.82, 2.24) is 19.9 Å². The van der Waals surface area contributed by atoms with Crippen LogP contribution < -0.4 is 9.47 Å². The quantitative estimate of drug-likeness (QED) is 0.205. The molecule has 4 aromatic heterocycles. The molecular formula is C36H26N6O2. The van der Waals surface area contributed by atoms with Crippen LogP contribution in [0.3, 0.4) is 0 Å². The summed E-state index contributed by atoms with van der Waals surface area (Å²) in [5.74, 6) is 0.520. The molecule has 7 rings (SSSR count). The number of rotatable bonds is 6. The van der Waals surface area contributed by atoms with E-state index in [1.165, 1.54) is 0 Å². The maximum absolute atomic E-state index is 10.2. The molecule has 8 heteroatoms. The lowest BCUT2D eigenvalue weighted by Gasteiger charge is -2.22. The molecule has 44 heavy (non-hydrogen) atoms. The highest BCUT2D eigenvalue weighted by Gasteiger charge is 2.27. The Kier molecular flexibility index (Phi) is 6.81. The van der Waals surface area contributed by atoms with Gasteiger partial charge in [0.2, 0.25) is 11.8 Å². The molecule has 0 unspecified atom stereocenters. The molecule has 4 heterocycles. The van der Waals surface area contributed by atoms with Crippen LogP contribution in [-0.2, 0) is 12.8 Å². The molecule has 0 fully saturated rings. The van der Waals surface area contributed by atoms with Crippen molar-refractivity contribution in [3.63, 3.8) is 0 Å². The number of nitriles is 2. The average Bonchev–Trinajstić information content (AvgIpc) is 3.06. The Balaban J connectivity index is 1.50. The van der Waals surface area contributed by atoms with E-state index in [0.717, 1.165) is 68.4 Å². The van der Waals surface area contributed by atoms with Gasteiger partial charge in [0, 0.05) is 21.9 Å². The Bertz CT molecular complexity index is 2010. The second-order valence-electron chi connectivity index (χ2n) is 10.4. The highest BCUT2D eigenvalue weighted by atomic mass is 16.5. The van der Waals surface area contributed by atoms with Crippen molar-refractivity contribution in [1.29, 1.82) is 10.5 Å². The molecule has 0 atom stereocenters. The Morgan fingerprint density at radius 1 is 0.614 bits per heavy atom. The van der Waals surface area contributed by atoms with E-state index in [2.05, 4.69) is 24.3 Å². The van der Waals surface area contributed by atoms with E-state index < -0.39 is 0 Å². The van der Waals surface area contributed by atoms with Crippen molar-refractivity contribution in [2.24, 2.45) is 0 Å². The first-order valence-electron chi connectivity index (χ1n) is 14.6. The minimum atomic E-state index is 0.260. The van der Waals surface area contributed by atoms with Gasteiger partial charge in [-0.3, -0.25) is 0 Å². The first kappa shape index (κ1) is 27.0. The van der Waals surface area contributed by atoms with Crippen LogP contribution in [-0.4, -0.2) is 33.1 Å². The number of nitrogens with zero attached hydrogens (tertiary/aromatic N) is 6. The molecule has 212 valence electrons. The zero-order valence-corrected chi connectivity index (χ0v) is 24.3. The van der Waals surface area contributed by atoms with Crippen molar-refractivity contribution < 1.29 is 9.47 Å². The molecule has 6 aromatic rings. The molecule has 0 bridgehead atoms. The van der Waals surface area contributed by atoms with Crippen molar-refractivity contribution >= 4 is 22.1 Å². The molecule has 0 N–H and O–H groups in total. The number of aryl methyl sites for hydroxylation is 2. The smallest absolute Gasteiger partial charge is 0.234 e. The van der Waals surface area contributed by atoms with Gasteiger partial charge in [0.15, 0.2) is 11.3 Å². The summed E-state index contributed by atoms with van der Waals surface area (Å²) in [5, 5.41) is 21.9. The van der Waals surface area contributed by atoms with Crippen LogP contribution in [0, 0.1) is 22.7 Å². The van der Waals surface area contributed by atoms with Crippen LogP contribution in [0.5, 0.6) is 11.8 Å². The Labute approximate surface area is 254 Å². The summed E-state index contributed by atoms with van der Waals surface area (Å²) in [4.78, 5) is 19.6. The molecule has 0 saturated carbocycles. The maximum Gasteiger partial charge on any atom is 0.234 e. The molecule has 0 spiro atoms. The van der Waals surface area contributed by atoms with Gasteiger partial charge in [-0.15, -0.1) is 0 Å². The monoisotopic (exact) mass is 574 g/mol. The van der Waals surface area contributed by atoms with Gasteiger partial charge in [0.25, 0.3) is 0 Å². The molecule has 1 aliphatic rings. The number of fused-ring (bicyclic) bond motifs is 5. The maximum atomic E-state index is 10.2. The van der Waals surface area contributed by atoms with Gasteiger partial charge in [0.1, 0.15) is 23.3 Å². The van der Waals surface area contributed by atoms with Gasteiger partial charge in [-0.25, -0.2) is 9.97 Å². The zero-order valence-electron chi connectivity index (χ0n) is 24.3. The molecule has 0 radical (unpaired) electrons. The standard InChI is InChI=1S/C36H26N6O2/c1-3-43-35-27(19-37)29(21-11-7-5-8-12-21)25-17-23-15-16-24-18-26-30(22-13-9-6-10-14-22)28(20-38)36(44-4-2)42-34(26)40-32(24)31(23)39-33(25)41-35/h5-14,17-18H,3-4,15-16H2,1-2H3. The molecular weight excluding hydrogens is 548 g/mol. The van der Waals surface area contributed by atoms with Crippen LogP contribution in [0.25, 0.3) is 55.7 Å². The van der Waals surface area contributed by atoms with Crippen LogP contribution in [0.2, 0.25) is 0 Å². The van der Waals surface area contributed by atoms with Crippen molar-refractivity contribution in [2.75, 3.05) is 13.2 Å². The number of hydrogen-bond donors (Lipinski definition) is 0. The van der Waals surface area contributed by atoms with Crippen LogP contribution in [0.1, 0.15) is 36.1 Å². The van der Waals surface area contributed by atoms with Crippen molar-refractivity contribution in [3.8, 4) is 57.5 Å². The molecule has 0 amide bonds. The van der Waals surface area contributed by atoms with E-state index in [4.69, 9.17) is 29.4 Å². The lowest BCUT2D eigenvalue weighted by molar-refractivity contribution is 0.327. The van der Waals surface area contributed by atoms with Gasteiger partial charge < -0.3 is 9.47 Å². The Morgan fingerprint density at radius 2 is 1.02 bits per heavy atom. The lowest BCUT2D eigenvalue weighted by atomic mass is 9.88. The van der Waals surface area contributed by atoms with Gasteiger partial charge in [-0.2, -0.15) is 20.5 Å². The number of pyridine rings is 4. The molecule has 1 aliphatic carbocycles. The van der Waals surface area contributed by atoms with E-state index in [9.17, 15) is 10.5 Å². The largest absolute Gasteiger partial charge is 0.477 e. The minimum absolute atomic E-state index is 0.260. The third kappa shape index (κ3) is 4.36. The molecule has 0 aliphatic heterocycles. The van der Waals surface area contributed by atoms with Gasteiger partial charge in [-0.1, -0.05) is 60.7 Å². The molecule has 0 saturated heterocycles. The average molecular weight is 575 g/mol. The van der Waals surface area contributed by atoms with E-state index in [-0.39, 0.29) is 11.8 Å². The topological polar surface area (TPSA) is 118 Å². The number of aromatic nitrogens is 4. The SMILES string of the molecule is CCOc1nc2nc3c(cc2c(-c2ccccc2)c1C#N)CCc1cc2c(-c4ccccc4)c(C#N)c(OCC)nc2nc1-3. The van der Waals surface area contributed by atoms with Gasteiger partial charge in [0.05, 0.1) is 24.6 Å². The number of benzene rings is 2. The van der Waals surface area contributed by atoms with E-state index >= 15 is 0 Å². The Hall–Kier alpha value is -5.86. The summed E-state index contributed by atoms with van der Waals surface area (Å²) in [6.07, 6.45) is 1.47. The van der Waals surface area contributed by atoms with Gasteiger partial charge in [-0.05, 0) is 61.1 Å². The fourth-order valence-electron chi connectivity index (χ4n) is 5.98. The first-order valence-corrected chi connectivity index (χ1v) is 14.6. The first-order chi connectivity index (χ1) is 21.6. The third-order valence-electron chi connectivity index (χ3n) is 7.84. The number of hydrogen-bond acceptors (Lipinski definition) is 8. The highest BCUT2D eigenvalue weighted by molar-refractivity contribution is 6.01. The fourth-order valence-corrected chi connectivity index (χ4v) is 5.98. The predicted molar refractivity (Wildman–Crippen MR) is 168 cm³/mol. The molecule has 2 aromatic carbocycles. The summed E-state index contributed by atoms with van der Waals surface area (Å²) >= 11 is 0. The minimum Gasteiger partial charge on any atom is -0.477 e. The van der Waals surface area contributed by atoms with Crippen molar-refractivity contribution in [3.05, 3.63) is 95.1 Å². The summed E-state index contributed by atoms with van der Waals surface area (Å²) < 4.78 is 11.7. The van der Waals surface area contributed by atoms with E-state index in [1.807, 2.05) is 74.5 Å². The third-order valence-corrected chi connectivity index (χ3v) is 7.84. The van der Waals surface area contributed by atoms with E-state index in [0.29, 0.717) is 35.6 Å². The van der Waals surface area contributed by atoms with Crippen molar-refractivity contribution in [2.45, 2.75) is 26.7 Å². The van der Waals surface area contributed by atoms with Crippen LogP contribution in [0.4, 0.5) is 0 Å². The Morgan fingerprint density at radius 3 is 1.39 bits per heavy atom. The zero-order chi connectivity index (χ0) is 30.2. The normalized spacial score (nSPS) is 11.8.